The number of aryl methyl sites for hydroxylation is 1. The molecule has 7 nitrogen and oxygen atoms in total. The first-order chi connectivity index (χ1) is 8.97. The molecule has 0 bridgehead atoms. The fraction of sp³-hybridized carbons (Fsp3) is 0.750. The number of rotatable bonds is 4. The van der Waals surface area contributed by atoms with Gasteiger partial charge in [-0.25, -0.2) is 9.55 Å². The van der Waals surface area contributed by atoms with Crippen LogP contribution < -0.4 is 5.73 Å². The summed E-state index contributed by atoms with van der Waals surface area (Å²) in [6.07, 6.45) is 2.38. The first-order valence-electron chi connectivity index (χ1n) is 6.62. The number of aromatic nitrogens is 2. The summed E-state index contributed by atoms with van der Waals surface area (Å²) in [7, 11) is 0. The maximum Gasteiger partial charge on any atom is 0.342 e. The third-order valence-corrected chi connectivity index (χ3v) is 3.63. The SMILES string of the molecule is Cc1ncc([N+](=O)[O-])n1CCN1CC(C)CC(N)C1. The summed E-state index contributed by atoms with van der Waals surface area (Å²) in [6, 6.07) is 0.211. The maximum atomic E-state index is 10.9. The lowest BCUT2D eigenvalue weighted by molar-refractivity contribution is -0.392. The predicted molar refractivity (Wildman–Crippen MR) is 71.8 cm³/mol. The molecule has 1 aromatic rings. The van der Waals surface area contributed by atoms with Gasteiger partial charge in [0, 0.05) is 32.6 Å². The van der Waals surface area contributed by atoms with Crippen LogP contribution in [0.5, 0.6) is 0 Å². The number of hydrogen-bond acceptors (Lipinski definition) is 5. The lowest BCUT2D eigenvalue weighted by Crippen LogP contribution is -2.47. The Morgan fingerprint density at radius 3 is 2.89 bits per heavy atom. The molecule has 2 heterocycles. The first-order valence-corrected chi connectivity index (χ1v) is 6.62. The quantitative estimate of drug-likeness (QED) is 0.642. The van der Waals surface area contributed by atoms with E-state index in [4.69, 9.17) is 5.73 Å². The molecule has 1 aliphatic rings. The Kier molecular flexibility index (Phi) is 4.16. The van der Waals surface area contributed by atoms with Gasteiger partial charge in [-0.2, -0.15) is 0 Å². The first kappa shape index (κ1) is 14.0. The van der Waals surface area contributed by atoms with Gasteiger partial charge in [0.1, 0.15) is 12.7 Å². The lowest BCUT2D eigenvalue weighted by Gasteiger charge is -2.34. The molecular weight excluding hydrogens is 246 g/mol. The average molecular weight is 267 g/mol. The molecule has 2 N–H and O–H groups in total. The zero-order valence-electron chi connectivity index (χ0n) is 11.5. The van der Waals surface area contributed by atoms with Gasteiger partial charge in [-0.05, 0) is 17.3 Å². The van der Waals surface area contributed by atoms with Crippen LogP contribution in [-0.4, -0.2) is 45.1 Å². The number of piperidine rings is 1. The number of nitrogens with zero attached hydrogens (tertiary/aromatic N) is 4. The van der Waals surface area contributed by atoms with E-state index < -0.39 is 0 Å². The number of nitrogens with two attached hydrogens (primary N) is 1. The second-order valence-corrected chi connectivity index (χ2v) is 5.43. The number of hydrogen-bond donors (Lipinski definition) is 1. The van der Waals surface area contributed by atoms with Crippen LogP contribution in [-0.2, 0) is 6.54 Å². The van der Waals surface area contributed by atoms with Crippen molar-refractivity contribution in [2.75, 3.05) is 19.6 Å². The normalized spacial score (nSPS) is 24.6. The van der Waals surface area contributed by atoms with Crippen LogP contribution in [0, 0.1) is 23.0 Å². The van der Waals surface area contributed by atoms with Gasteiger partial charge in [-0.3, -0.25) is 4.90 Å². The van der Waals surface area contributed by atoms with Gasteiger partial charge >= 0.3 is 5.82 Å². The van der Waals surface area contributed by atoms with Gasteiger partial charge in [0.05, 0.1) is 0 Å². The topological polar surface area (TPSA) is 90.2 Å². The van der Waals surface area contributed by atoms with Crippen LogP contribution in [0.4, 0.5) is 5.82 Å². The Morgan fingerprint density at radius 1 is 1.53 bits per heavy atom. The highest BCUT2D eigenvalue weighted by molar-refractivity contribution is 5.18. The van der Waals surface area contributed by atoms with Crippen LogP contribution in [0.25, 0.3) is 0 Å². The molecule has 0 amide bonds. The third-order valence-electron chi connectivity index (χ3n) is 3.63. The summed E-state index contributed by atoms with van der Waals surface area (Å²) < 4.78 is 1.66. The average Bonchev–Trinajstić information content (AvgIpc) is 2.67. The fourth-order valence-corrected chi connectivity index (χ4v) is 2.82. The summed E-state index contributed by atoms with van der Waals surface area (Å²) in [5.41, 5.74) is 6.00. The minimum absolute atomic E-state index is 0.0619. The minimum atomic E-state index is -0.384. The molecule has 0 spiro atoms. The van der Waals surface area contributed by atoms with Crippen molar-refractivity contribution in [2.24, 2.45) is 11.7 Å². The summed E-state index contributed by atoms with van der Waals surface area (Å²) in [4.78, 5) is 16.8. The van der Waals surface area contributed by atoms with E-state index >= 15 is 0 Å². The molecule has 7 heteroatoms. The molecule has 0 aromatic carbocycles. The maximum absolute atomic E-state index is 10.9. The Labute approximate surface area is 112 Å². The van der Waals surface area contributed by atoms with E-state index in [1.54, 1.807) is 11.5 Å². The van der Waals surface area contributed by atoms with Gasteiger partial charge in [-0.15, -0.1) is 0 Å². The monoisotopic (exact) mass is 267 g/mol. The third kappa shape index (κ3) is 3.30. The van der Waals surface area contributed by atoms with Crippen molar-refractivity contribution in [2.45, 2.75) is 32.9 Å². The molecule has 1 saturated heterocycles. The molecular formula is C12H21N5O2. The minimum Gasteiger partial charge on any atom is -0.358 e. The molecule has 2 unspecified atom stereocenters. The van der Waals surface area contributed by atoms with E-state index in [-0.39, 0.29) is 16.8 Å². The number of nitro groups is 1. The lowest BCUT2D eigenvalue weighted by atomic mass is 9.97. The van der Waals surface area contributed by atoms with E-state index in [2.05, 4.69) is 16.8 Å². The van der Waals surface area contributed by atoms with Crippen molar-refractivity contribution >= 4 is 5.82 Å². The van der Waals surface area contributed by atoms with Crippen molar-refractivity contribution in [3.63, 3.8) is 0 Å². The van der Waals surface area contributed by atoms with Gasteiger partial charge in [0.25, 0.3) is 0 Å². The molecule has 0 saturated carbocycles. The number of imidazole rings is 1. The molecule has 2 rings (SSSR count). The molecule has 1 aliphatic heterocycles. The van der Waals surface area contributed by atoms with E-state index in [0.29, 0.717) is 18.3 Å². The van der Waals surface area contributed by atoms with Crippen LogP contribution >= 0.6 is 0 Å². The second-order valence-electron chi connectivity index (χ2n) is 5.43. The summed E-state index contributed by atoms with van der Waals surface area (Å²) >= 11 is 0. The van der Waals surface area contributed by atoms with Crippen molar-refractivity contribution in [1.82, 2.24) is 14.5 Å². The predicted octanol–water partition coefficient (Wildman–Crippen LogP) is 0.769. The van der Waals surface area contributed by atoms with Gasteiger partial charge < -0.3 is 15.8 Å². The molecule has 1 fully saturated rings. The Bertz CT molecular complexity index is 449. The standard InChI is InChI=1S/C12H21N5O2/c1-9-5-11(13)8-15(7-9)3-4-16-10(2)14-6-12(16)17(18)19/h6,9,11H,3-5,7-8,13H2,1-2H3. The molecule has 106 valence electrons. The molecule has 1 aromatic heterocycles. The van der Waals surface area contributed by atoms with E-state index in [0.717, 1.165) is 26.1 Å². The summed E-state index contributed by atoms with van der Waals surface area (Å²) in [5.74, 6) is 1.33. The largest absolute Gasteiger partial charge is 0.358 e. The summed E-state index contributed by atoms with van der Waals surface area (Å²) in [6.45, 7) is 7.22. The van der Waals surface area contributed by atoms with Crippen molar-refractivity contribution < 1.29 is 4.92 Å². The van der Waals surface area contributed by atoms with Crippen molar-refractivity contribution in [3.8, 4) is 0 Å². The molecule has 0 aliphatic carbocycles. The van der Waals surface area contributed by atoms with Crippen LogP contribution in [0.1, 0.15) is 19.2 Å². The fourth-order valence-electron chi connectivity index (χ4n) is 2.82. The van der Waals surface area contributed by atoms with Crippen LogP contribution in [0.3, 0.4) is 0 Å². The van der Waals surface area contributed by atoms with E-state index in [1.165, 1.54) is 6.20 Å². The highest BCUT2D eigenvalue weighted by Crippen LogP contribution is 2.17. The number of likely N-dealkylation sites (tertiary alicyclic amines) is 1. The van der Waals surface area contributed by atoms with Gasteiger partial charge in [0.15, 0.2) is 5.82 Å². The summed E-state index contributed by atoms with van der Waals surface area (Å²) in [5, 5.41) is 10.9. The Morgan fingerprint density at radius 2 is 2.26 bits per heavy atom. The zero-order chi connectivity index (χ0) is 14.0. The van der Waals surface area contributed by atoms with Gasteiger partial charge in [-0.1, -0.05) is 6.92 Å². The van der Waals surface area contributed by atoms with Crippen LogP contribution in [0.2, 0.25) is 0 Å². The molecule has 2 atom stereocenters. The molecule has 0 radical (unpaired) electrons. The Hall–Kier alpha value is -1.47. The zero-order valence-corrected chi connectivity index (χ0v) is 11.5. The highest BCUT2D eigenvalue weighted by Gasteiger charge is 2.24. The Balaban J connectivity index is 1.99. The van der Waals surface area contributed by atoms with Crippen molar-refractivity contribution in [1.29, 1.82) is 0 Å². The van der Waals surface area contributed by atoms with E-state index in [1.807, 2.05) is 0 Å². The highest BCUT2D eigenvalue weighted by atomic mass is 16.6. The molecule has 19 heavy (non-hydrogen) atoms. The second kappa shape index (κ2) is 5.66. The van der Waals surface area contributed by atoms with Crippen LogP contribution in [0.15, 0.2) is 6.20 Å². The smallest absolute Gasteiger partial charge is 0.342 e. The van der Waals surface area contributed by atoms with Gasteiger partial charge in [0.2, 0.25) is 0 Å². The van der Waals surface area contributed by atoms with E-state index in [9.17, 15) is 10.1 Å². The van der Waals surface area contributed by atoms with Crippen molar-refractivity contribution in [3.05, 3.63) is 22.1 Å².